The Hall–Kier alpha value is -3.79. The number of phenolic OH excluding ortho intramolecular Hbond substituents is 1. The van der Waals surface area contributed by atoms with E-state index in [1.165, 1.54) is 37.5 Å². The molecule has 0 saturated carbocycles. The van der Waals surface area contributed by atoms with Crippen molar-refractivity contribution in [1.29, 1.82) is 5.26 Å². The molecule has 0 unspecified atom stereocenters. The Bertz CT molecular complexity index is 911. The van der Waals surface area contributed by atoms with E-state index in [4.69, 9.17) is 4.74 Å². The van der Waals surface area contributed by atoms with Gasteiger partial charge in [-0.1, -0.05) is 12.1 Å². The van der Waals surface area contributed by atoms with E-state index in [1.54, 1.807) is 25.1 Å². The van der Waals surface area contributed by atoms with Gasteiger partial charge in [-0.3, -0.25) is 4.79 Å². The Morgan fingerprint density at radius 3 is 2.52 bits per heavy atom. The van der Waals surface area contributed by atoms with Gasteiger partial charge in [0.1, 0.15) is 11.6 Å². The van der Waals surface area contributed by atoms with Gasteiger partial charge in [0.2, 0.25) is 0 Å². The van der Waals surface area contributed by atoms with Crippen molar-refractivity contribution in [3.63, 3.8) is 0 Å². The molecule has 2 aromatic rings. The average molecular weight is 366 g/mol. The molecule has 0 aliphatic carbocycles. The number of esters is 1. The van der Waals surface area contributed by atoms with Crippen molar-refractivity contribution in [3.8, 4) is 17.6 Å². The molecule has 0 spiro atoms. The van der Waals surface area contributed by atoms with E-state index in [-0.39, 0.29) is 22.6 Å². The van der Waals surface area contributed by atoms with Gasteiger partial charge in [-0.2, -0.15) is 5.26 Å². The van der Waals surface area contributed by atoms with Crippen LogP contribution < -0.4 is 10.1 Å². The second-order valence-electron chi connectivity index (χ2n) is 5.32. The molecule has 0 radical (unpaired) electrons. The van der Waals surface area contributed by atoms with Crippen LogP contribution in [-0.2, 0) is 9.53 Å². The highest BCUT2D eigenvalue weighted by molar-refractivity contribution is 6.10. The molecule has 1 amide bonds. The third kappa shape index (κ3) is 4.86. The maximum atomic E-state index is 12.3. The van der Waals surface area contributed by atoms with Crippen LogP contribution >= 0.6 is 0 Å². The SMILES string of the molecule is CCOc1cccc(/C=C(/C#N)C(=O)Nc2ccc(C(=O)OC)cc2)c1O. The molecule has 2 N–H and O–H groups in total. The predicted octanol–water partition coefficient (Wildman–Crippen LogP) is 3.12. The van der Waals surface area contributed by atoms with Crippen molar-refractivity contribution < 1.29 is 24.2 Å². The normalized spacial score (nSPS) is 10.6. The van der Waals surface area contributed by atoms with Gasteiger partial charge in [-0.15, -0.1) is 0 Å². The molecule has 0 atom stereocenters. The van der Waals surface area contributed by atoms with Gasteiger partial charge in [0.15, 0.2) is 11.5 Å². The molecule has 7 nitrogen and oxygen atoms in total. The van der Waals surface area contributed by atoms with Gasteiger partial charge < -0.3 is 19.9 Å². The van der Waals surface area contributed by atoms with Crippen LogP contribution in [0.15, 0.2) is 48.0 Å². The van der Waals surface area contributed by atoms with Gasteiger partial charge in [-0.05, 0) is 43.3 Å². The van der Waals surface area contributed by atoms with Crippen LogP contribution in [0.2, 0.25) is 0 Å². The minimum Gasteiger partial charge on any atom is -0.504 e. The number of phenols is 1. The van der Waals surface area contributed by atoms with Crippen molar-refractivity contribution in [2.75, 3.05) is 19.0 Å². The summed E-state index contributed by atoms with van der Waals surface area (Å²) in [5.74, 6) is -1.02. The van der Waals surface area contributed by atoms with E-state index < -0.39 is 11.9 Å². The Kier molecular flexibility index (Phi) is 6.55. The number of ether oxygens (including phenoxy) is 2. The number of carbonyl (C=O) groups excluding carboxylic acids is 2. The molecule has 2 rings (SSSR count). The zero-order chi connectivity index (χ0) is 19.8. The monoisotopic (exact) mass is 366 g/mol. The highest BCUT2D eigenvalue weighted by Crippen LogP contribution is 2.31. The number of para-hydroxylation sites is 1. The Balaban J connectivity index is 2.21. The first-order chi connectivity index (χ1) is 13.0. The number of carbonyl (C=O) groups is 2. The number of methoxy groups -OCH3 is 1. The standard InChI is InChI=1S/C20H18N2O5/c1-3-27-17-6-4-5-14(18(17)23)11-15(12-21)19(24)22-16-9-7-13(8-10-16)20(25)26-2/h4-11,23H,3H2,1-2H3,(H,22,24)/b15-11-. The van der Waals surface area contributed by atoms with Crippen LogP contribution in [0.3, 0.4) is 0 Å². The maximum Gasteiger partial charge on any atom is 0.337 e. The number of nitrogens with zero attached hydrogens (tertiary/aromatic N) is 1. The third-order valence-electron chi connectivity index (χ3n) is 3.56. The fourth-order valence-corrected chi connectivity index (χ4v) is 2.24. The van der Waals surface area contributed by atoms with Crippen LogP contribution in [-0.4, -0.2) is 30.7 Å². The highest BCUT2D eigenvalue weighted by Gasteiger charge is 2.13. The van der Waals surface area contributed by atoms with Crippen molar-refractivity contribution in [1.82, 2.24) is 0 Å². The van der Waals surface area contributed by atoms with E-state index in [0.29, 0.717) is 17.9 Å². The van der Waals surface area contributed by atoms with E-state index in [2.05, 4.69) is 10.1 Å². The summed E-state index contributed by atoms with van der Waals surface area (Å²) in [6, 6.07) is 12.6. The predicted molar refractivity (Wildman–Crippen MR) is 99.3 cm³/mol. The molecule has 0 fully saturated rings. The van der Waals surface area contributed by atoms with Crippen molar-refractivity contribution in [2.45, 2.75) is 6.92 Å². The maximum absolute atomic E-state index is 12.3. The van der Waals surface area contributed by atoms with Gasteiger partial charge in [0.25, 0.3) is 5.91 Å². The minimum atomic E-state index is -0.649. The molecular formula is C20H18N2O5. The molecule has 2 aromatic carbocycles. The number of rotatable bonds is 6. The fourth-order valence-electron chi connectivity index (χ4n) is 2.24. The number of hydrogen-bond donors (Lipinski definition) is 2. The average Bonchev–Trinajstić information content (AvgIpc) is 2.68. The molecule has 138 valence electrons. The van der Waals surface area contributed by atoms with Crippen molar-refractivity contribution >= 4 is 23.6 Å². The lowest BCUT2D eigenvalue weighted by atomic mass is 10.1. The summed E-state index contributed by atoms with van der Waals surface area (Å²) in [6.07, 6.45) is 1.27. The molecule has 0 aromatic heterocycles. The van der Waals surface area contributed by atoms with E-state index >= 15 is 0 Å². The molecule has 0 aliphatic rings. The van der Waals surface area contributed by atoms with Gasteiger partial charge in [-0.25, -0.2) is 4.79 Å². The lowest BCUT2D eigenvalue weighted by Crippen LogP contribution is -2.13. The first-order valence-corrected chi connectivity index (χ1v) is 8.06. The second kappa shape index (κ2) is 9.06. The Morgan fingerprint density at radius 2 is 1.93 bits per heavy atom. The molecule has 27 heavy (non-hydrogen) atoms. The van der Waals surface area contributed by atoms with Crippen LogP contribution in [0.5, 0.6) is 11.5 Å². The van der Waals surface area contributed by atoms with Gasteiger partial charge in [0.05, 0.1) is 19.3 Å². The van der Waals surface area contributed by atoms with E-state index in [0.717, 1.165) is 0 Å². The van der Waals surface area contributed by atoms with E-state index in [9.17, 15) is 20.0 Å². The quantitative estimate of drug-likeness (QED) is 0.462. The van der Waals surface area contributed by atoms with Crippen LogP contribution in [0.4, 0.5) is 5.69 Å². The van der Waals surface area contributed by atoms with E-state index in [1.807, 2.05) is 6.07 Å². The number of hydrogen-bond acceptors (Lipinski definition) is 6. The number of amides is 1. The number of benzene rings is 2. The lowest BCUT2D eigenvalue weighted by Gasteiger charge is -2.08. The number of nitrogens with one attached hydrogen (secondary N) is 1. The van der Waals surface area contributed by atoms with Crippen molar-refractivity contribution in [2.24, 2.45) is 0 Å². The number of aromatic hydroxyl groups is 1. The zero-order valence-corrected chi connectivity index (χ0v) is 14.9. The van der Waals surface area contributed by atoms with Gasteiger partial charge >= 0.3 is 5.97 Å². The molecular weight excluding hydrogens is 348 g/mol. The summed E-state index contributed by atoms with van der Waals surface area (Å²) in [5.41, 5.74) is 0.829. The van der Waals surface area contributed by atoms with Crippen LogP contribution in [0, 0.1) is 11.3 Å². The minimum absolute atomic E-state index is 0.151. The molecule has 0 heterocycles. The lowest BCUT2D eigenvalue weighted by molar-refractivity contribution is -0.112. The zero-order valence-electron chi connectivity index (χ0n) is 14.9. The summed E-state index contributed by atoms with van der Waals surface area (Å²) in [7, 11) is 1.28. The van der Waals surface area contributed by atoms with Crippen LogP contribution in [0.1, 0.15) is 22.8 Å². The molecule has 7 heteroatoms. The smallest absolute Gasteiger partial charge is 0.337 e. The molecule has 0 bridgehead atoms. The Morgan fingerprint density at radius 1 is 1.22 bits per heavy atom. The topological polar surface area (TPSA) is 109 Å². The number of anilines is 1. The molecule has 0 saturated heterocycles. The second-order valence-corrected chi connectivity index (χ2v) is 5.32. The first-order valence-electron chi connectivity index (χ1n) is 8.06. The summed E-state index contributed by atoms with van der Waals surface area (Å²) in [5, 5.41) is 22.0. The summed E-state index contributed by atoms with van der Waals surface area (Å²) in [6.45, 7) is 2.15. The van der Waals surface area contributed by atoms with Gasteiger partial charge in [0, 0.05) is 11.3 Å². The number of nitriles is 1. The first kappa shape index (κ1) is 19.5. The third-order valence-corrected chi connectivity index (χ3v) is 3.56. The summed E-state index contributed by atoms with van der Waals surface area (Å²) >= 11 is 0. The Labute approximate surface area is 156 Å². The fraction of sp³-hybridized carbons (Fsp3) is 0.150. The van der Waals surface area contributed by atoms with Crippen LogP contribution in [0.25, 0.3) is 6.08 Å². The molecule has 0 aliphatic heterocycles. The summed E-state index contributed by atoms with van der Waals surface area (Å²) < 4.78 is 9.89. The highest BCUT2D eigenvalue weighted by atomic mass is 16.5. The largest absolute Gasteiger partial charge is 0.504 e. The van der Waals surface area contributed by atoms with Crippen molar-refractivity contribution in [3.05, 3.63) is 59.2 Å². The summed E-state index contributed by atoms with van der Waals surface area (Å²) in [4.78, 5) is 23.8.